The number of hydrogen-bond donors (Lipinski definition) is 3. The van der Waals surface area contributed by atoms with Gasteiger partial charge in [0.1, 0.15) is 5.69 Å². The van der Waals surface area contributed by atoms with Crippen LogP contribution >= 0.6 is 0 Å². The Labute approximate surface area is 101 Å². The minimum absolute atomic E-state index is 0.390. The van der Waals surface area contributed by atoms with E-state index >= 15 is 0 Å². The fourth-order valence-electron chi connectivity index (χ4n) is 2.01. The van der Waals surface area contributed by atoms with Crippen LogP contribution in [0.3, 0.4) is 0 Å². The molecule has 2 heterocycles. The average molecular weight is 242 g/mol. The number of nitrogens with one attached hydrogen (secondary N) is 2. The SMILES string of the molecule is NC(=O)c1[nH]c2ccccc2c1Cc1nn[nH]n1. The zero-order valence-corrected chi connectivity index (χ0v) is 9.34. The van der Waals surface area contributed by atoms with Crippen molar-refractivity contribution in [2.24, 2.45) is 5.73 Å². The van der Waals surface area contributed by atoms with E-state index in [9.17, 15) is 4.79 Å². The summed E-state index contributed by atoms with van der Waals surface area (Å²) >= 11 is 0. The molecule has 0 fully saturated rings. The third-order valence-electron chi connectivity index (χ3n) is 2.78. The Bertz CT molecular complexity index is 699. The number of tetrazole rings is 1. The number of nitrogens with zero attached hydrogens (tertiary/aromatic N) is 3. The summed E-state index contributed by atoms with van der Waals surface area (Å²) in [6.07, 6.45) is 0.402. The molecule has 0 spiro atoms. The van der Waals surface area contributed by atoms with E-state index in [1.165, 1.54) is 0 Å². The molecule has 0 saturated heterocycles. The maximum atomic E-state index is 11.4. The van der Waals surface area contributed by atoms with E-state index in [-0.39, 0.29) is 0 Å². The average Bonchev–Trinajstić information content (AvgIpc) is 2.98. The molecule has 3 aromatic rings. The van der Waals surface area contributed by atoms with E-state index in [4.69, 9.17) is 5.73 Å². The first-order valence-corrected chi connectivity index (χ1v) is 5.37. The van der Waals surface area contributed by atoms with Crippen molar-refractivity contribution in [3.05, 3.63) is 41.3 Å². The van der Waals surface area contributed by atoms with Crippen LogP contribution in [0.1, 0.15) is 21.9 Å². The molecule has 0 unspecified atom stereocenters. The highest BCUT2D eigenvalue weighted by molar-refractivity contribution is 6.00. The van der Waals surface area contributed by atoms with Gasteiger partial charge in [0.2, 0.25) is 0 Å². The van der Waals surface area contributed by atoms with Crippen LogP contribution in [0.25, 0.3) is 10.9 Å². The lowest BCUT2D eigenvalue weighted by atomic mass is 10.1. The second-order valence-corrected chi connectivity index (χ2v) is 3.89. The van der Waals surface area contributed by atoms with Crippen molar-refractivity contribution in [2.45, 2.75) is 6.42 Å². The first kappa shape index (κ1) is 10.5. The Balaban J connectivity index is 2.18. The molecule has 90 valence electrons. The van der Waals surface area contributed by atoms with Crippen LogP contribution < -0.4 is 5.73 Å². The second-order valence-electron chi connectivity index (χ2n) is 3.89. The van der Waals surface area contributed by atoms with Gasteiger partial charge in [-0.2, -0.15) is 5.21 Å². The van der Waals surface area contributed by atoms with Crippen molar-refractivity contribution < 1.29 is 4.79 Å². The molecule has 3 rings (SSSR count). The molecule has 0 aliphatic rings. The van der Waals surface area contributed by atoms with Gasteiger partial charge in [0, 0.05) is 17.3 Å². The molecule has 0 aliphatic carbocycles. The summed E-state index contributed by atoms with van der Waals surface area (Å²) in [6.45, 7) is 0. The summed E-state index contributed by atoms with van der Waals surface area (Å²) in [4.78, 5) is 14.5. The number of nitrogens with two attached hydrogens (primary N) is 1. The second kappa shape index (κ2) is 3.95. The topological polar surface area (TPSA) is 113 Å². The van der Waals surface area contributed by atoms with E-state index in [2.05, 4.69) is 25.6 Å². The predicted octanol–water partition coefficient (Wildman–Crippen LogP) is 0.371. The highest BCUT2D eigenvalue weighted by atomic mass is 16.1. The molecule has 4 N–H and O–H groups in total. The van der Waals surface area contributed by atoms with Gasteiger partial charge in [-0.3, -0.25) is 4.79 Å². The van der Waals surface area contributed by atoms with Crippen LogP contribution in [0.5, 0.6) is 0 Å². The number of carbonyl (C=O) groups excluding carboxylic acids is 1. The van der Waals surface area contributed by atoms with Gasteiger partial charge in [-0.1, -0.05) is 23.4 Å². The molecule has 0 bridgehead atoms. The minimum atomic E-state index is -0.496. The largest absolute Gasteiger partial charge is 0.364 e. The first-order valence-electron chi connectivity index (χ1n) is 5.37. The molecule has 0 aliphatic heterocycles. The maximum absolute atomic E-state index is 11.4. The van der Waals surface area contributed by atoms with Gasteiger partial charge < -0.3 is 10.7 Å². The zero-order chi connectivity index (χ0) is 12.5. The highest BCUT2D eigenvalue weighted by Gasteiger charge is 2.16. The van der Waals surface area contributed by atoms with Crippen LogP contribution in [0, 0.1) is 0 Å². The summed E-state index contributed by atoms with van der Waals surface area (Å²) in [5.74, 6) is 0.0203. The van der Waals surface area contributed by atoms with Crippen LogP contribution in [-0.2, 0) is 6.42 Å². The lowest BCUT2D eigenvalue weighted by Crippen LogP contribution is -2.14. The number of para-hydroxylation sites is 1. The number of rotatable bonds is 3. The first-order chi connectivity index (χ1) is 8.75. The summed E-state index contributed by atoms with van der Waals surface area (Å²) in [6, 6.07) is 7.61. The lowest BCUT2D eigenvalue weighted by molar-refractivity contribution is 0.0995. The van der Waals surface area contributed by atoms with Crippen molar-refractivity contribution in [3.8, 4) is 0 Å². The Hall–Kier alpha value is -2.70. The number of carbonyl (C=O) groups is 1. The quantitative estimate of drug-likeness (QED) is 0.615. The Morgan fingerprint density at radius 3 is 2.89 bits per heavy atom. The van der Waals surface area contributed by atoms with Gasteiger partial charge in [-0.15, -0.1) is 10.2 Å². The fraction of sp³-hybridized carbons (Fsp3) is 0.0909. The molecular weight excluding hydrogens is 232 g/mol. The van der Waals surface area contributed by atoms with Gasteiger partial charge in [-0.05, 0) is 11.6 Å². The fourth-order valence-corrected chi connectivity index (χ4v) is 2.01. The molecule has 7 heteroatoms. The number of fused-ring (bicyclic) bond motifs is 1. The Kier molecular flexibility index (Phi) is 2.30. The van der Waals surface area contributed by atoms with Gasteiger partial charge >= 0.3 is 0 Å². The third-order valence-corrected chi connectivity index (χ3v) is 2.78. The molecule has 0 atom stereocenters. The van der Waals surface area contributed by atoms with Crippen molar-refractivity contribution in [3.63, 3.8) is 0 Å². The highest BCUT2D eigenvalue weighted by Crippen LogP contribution is 2.23. The van der Waals surface area contributed by atoms with Crippen LogP contribution in [0.4, 0.5) is 0 Å². The van der Waals surface area contributed by atoms with Crippen molar-refractivity contribution in [1.82, 2.24) is 25.6 Å². The summed E-state index contributed by atoms with van der Waals surface area (Å²) < 4.78 is 0. The number of aromatic nitrogens is 5. The van der Waals surface area contributed by atoms with Crippen molar-refractivity contribution >= 4 is 16.8 Å². The van der Waals surface area contributed by atoms with Gasteiger partial charge in [0.15, 0.2) is 5.82 Å². The molecule has 2 aromatic heterocycles. The molecule has 18 heavy (non-hydrogen) atoms. The summed E-state index contributed by atoms with van der Waals surface area (Å²) in [7, 11) is 0. The van der Waals surface area contributed by atoms with Gasteiger partial charge in [0.05, 0.1) is 0 Å². The predicted molar refractivity (Wildman–Crippen MR) is 63.8 cm³/mol. The molecule has 0 saturated carbocycles. The van der Waals surface area contributed by atoms with Gasteiger partial charge in [0.25, 0.3) is 5.91 Å². The normalized spacial score (nSPS) is 10.9. The van der Waals surface area contributed by atoms with Crippen LogP contribution in [0.15, 0.2) is 24.3 Å². The molecular formula is C11H10N6O. The number of primary amides is 1. The van der Waals surface area contributed by atoms with E-state index in [0.717, 1.165) is 16.5 Å². The van der Waals surface area contributed by atoms with Crippen molar-refractivity contribution in [2.75, 3.05) is 0 Å². The van der Waals surface area contributed by atoms with E-state index in [1.54, 1.807) is 0 Å². The summed E-state index contributed by atoms with van der Waals surface area (Å²) in [5, 5.41) is 14.6. The molecule has 1 amide bonds. The van der Waals surface area contributed by atoms with Crippen molar-refractivity contribution in [1.29, 1.82) is 0 Å². The zero-order valence-electron chi connectivity index (χ0n) is 9.34. The maximum Gasteiger partial charge on any atom is 0.265 e. The Morgan fingerprint density at radius 1 is 1.33 bits per heavy atom. The molecule has 7 nitrogen and oxygen atoms in total. The molecule has 0 radical (unpaired) electrons. The minimum Gasteiger partial charge on any atom is -0.364 e. The molecule has 1 aromatic carbocycles. The summed E-state index contributed by atoms with van der Waals surface area (Å²) in [5.41, 5.74) is 7.42. The number of amides is 1. The van der Waals surface area contributed by atoms with E-state index in [1.807, 2.05) is 24.3 Å². The van der Waals surface area contributed by atoms with Crippen LogP contribution in [-0.4, -0.2) is 31.5 Å². The Morgan fingerprint density at radius 2 is 2.17 bits per heavy atom. The van der Waals surface area contributed by atoms with Crippen LogP contribution in [0.2, 0.25) is 0 Å². The van der Waals surface area contributed by atoms with E-state index < -0.39 is 5.91 Å². The number of benzene rings is 1. The van der Waals surface area contributed by atoms with E-state index in [0.29, 0.717) is 17.9 Å². The standard InChI is InChI=1S/C11H10N6O/c12-11(18)10-7(5-9-14-16-17-15-9)6-3-1-2-4-8(6)13-10/h1-4,13H,5H2,(H2,12,18)(H,14,15,16,17). The van der Waals surface area contributed by atoms with Gasteiger partial charge in [-0.25, -0.2) is 0 Å². The number of hydrogen-bond acceptors (Lipinski definition) is 4. The number of H-pyrrole nitrogens is 2. The third kappa shape index (κ3) is 1.61. The smallest absolute Gasteiger partial charge is 0.265 e. The lowest BCUT2D eigenvalue weighted by Gasteiger charge is -1.98. The monoisotopic (exact) mass is 242 g/mol. The number of aromatic amines is 2.